The van der Waals surface area contributed by atoms with Crippen LogP contribution in [-0.2, 0) is 20.0 Å². The smallest absolute Gasteiger partial charge is 0.131 e. The molecule has 3 nitrogen and oxygen atoms in total. The van der Waals surface area contributed by atoms with Crippen LogP contribution in [0.5, 0.6) is 0 Å². The van der Waals surface area contributed by atoms with Crippen LogP contribution < -0.4 is 5.32 Å². The molecule has 4 heteroatoms. The minimum Gasteiger partial charge on any atom is -0.312 e. The molecule has 0 unspecified atom stereocenters. The van der Waals surface area contributed by atoms with E-state index in [0.717, 1.165) is 41.8 Å². The number of aryl methyl sites for hydroxylation is 2. The highest BCUT2D eigenvalue weighted by atomic mass is 35.5. The van der Waals surface area contributed by atoms with Gasteiger partial charge in [0.2, 0.25) is 0 Å². The van der Waals surface area contributed by atoms with Gasteiger partial charge in [0.1, 0.15) is 5.15 Å². The maximum absolute atomic E-state index is 6.19. The molecule has 0 radical (unpaired) electrons. The van der Waals surface area contributed by atoms with Crippen LogP contribution in [-0.4, -0.2) is 16.3 Å². The lowest BCUT2D eigenvalue weighted by Gasteiger charge is -2.07. The Morgan fingerprint density at radius 1 is 1.44 bits per heavy atom. The molecule has 0 aliphatic rings. The number of aromatic nitrogens is 2. The zero-order chi connectivity index (χ0) is 12.1. The SMILES string of the molecule is CCc1nn(C)c(Cl)c1CNCCC(C)C. The summed E-state index contributed by atoms with van der Waals surface area (Å²) in [5, 5.41) is 8.57. The molecule has 0 atom stereocenters. The van der Waals surface area contributed by atoms with Crippen molar-refractivity contribution in [2.75, 3.05) is 6.54 Å². The van der Waals surface area contributed by atoms with Gasteiger partial charge in [0.15, 0.2) is 0 Å². The van der Waals surface area contributed by atoms with Crippen molar-refractivity contribution in [1.29, 1.82) is 0 Å². The van der Waals surface area contributed by atoms with Crippen molar-refractivity contribution in [1.82, 2.24) is 15.1 Å². The summed E-state index contributed by atoms with van der Waals surface area (Å²) in [5.41, 5.74) is 2.25. The number of nitrogens with zero attached hydrogens (tertiary/aromatic N) is 2. The summed E-state index contributed by atoms with van der Waals surface area (Å²) in [7, 11) is 1.89. The van der Waals surface area contributed by atoms with Gasteiger partial charge in [-0.15, -0.1) is 0 Å². The molecule has 0 fully saturated rings. The Morgan fingerprint density at radius 3 is 2.69 bits per heavy atom. The second-order valence-electron chi connectivity index (χ2n) is 4.55. The maximum Gasteiger partial charge on any atom is 0.131 e. The van der Waals surface area contributed by atoms with Gasteiger partial charge in [0.05, 0.1) is 5.69 Å². The van der Waals surface area contributed by atoms with E-state index in [-0.39, 0.29) is 0 Å². The van der Waals surface area contributed by atoms with Crippen LogP contribution in [0, 0.1) is 5.92 Å². The van der Waals surface area contributed by atoms with Crippen LogP contribution in [0.15, 0.2) is 0 Å². The largest absolute Gasteiger partial charge is 0.312 e. The molecule has 0 aliphatic heterocycles. The van der Waals surface area contributed by atoms with Crippen LogP contribution >= 0.6 is 11.6 Å². The second-order valence-corrected chi connectivity index (χ2v) is 4.91. The van der Waals surface area contributed by atoms with E-state index in [1.807, 2.05) is 7.05 Å². The van der Waals surface area contributed by atoms with Crippen LogP contribution in [0.3, 0.4) is 0 Å². The van der Waals surface area contributed by atoms with Crippen molar-refractivity contribution >= 4 is 11.6 Å². The van der Waals surface area contributed by atoms with Gasteiger partial charge in [0, 0.05) is 19.2 Å². The lowest BCUT2D eigenvalue weighted by Crippen LogP contribution is -2.17. The van der Waals surface area contributed by atoms with Crippen molar-refractivity contribution in [3.63, 3.8) is 0 Å². The Labute approximate surface area is 103 Å². The second kappa shape index (κ2) is 6.26. The van der Waals surface area contributed by atoms with Crippen molar-refractivity contribution in [2.45, 2.75) is 40.2 Å². The Balaban J connectivity index is 2.52. The van der Waals surface area contributed by atoms with Crippen LogP contribution in [0.2, 0.25) is 5.15 Å². The van der Waals surface area contributed by atoms with E-state index >= 15 is 0 Å². The molecule has 0 aliphatic carbocycles. The number of nitrogens with one attached hydrogen (secondary N) is 1. The monoisotopic (exact) mass is 243 g/mol. The van der Waals surface area contributed by atoms with Crippen LogP contribution in [0.25, 0.3) is 0 Å². The van der Waals surface area contributed by atoms with E-state index in [0.29, 0.717) is 0 Å². The molecular formula is C12H22ClN3. The first kappa shape index (κ1) is 13.5. The lowest BCUT2D eigenvalue weighted by molar-refractivity contribution is 0.537. The van der Waals surface area contributed by atoms with E-state index in [4.69, 9.17) is 11.6 Å². The summed E-state index contributed by atoms with van der Waals surface area (Å²) in [6.07, 6.45) is 2.13. The minimum absolute atomic E-state index is 0.738. The molecule has 0 saturated heterocycles. The van der Waals surface area contributed by atoms with Crippen molar-refractivity contribution in [2.24, 2.45) is 13.0 Å². The zero-order valence-electron chi connectivity index (χ0n) is 10.7. The fourth-order valence-corrected chi connectivity index (χ4v) is 1.88. The lowest BCUT2D eigenvalue weighted by atomic mass is 10.1. The first-order valence-corrected chi connectivity index (χ1v) is 6.35. The first-order valence-electron chi connectivity index (χ1n) is 5.97. The van der Waals surface area contributed by atoms with Gasteiger partial charge < -0.3 is 5.32 Å². The molecule has 0 bridgehead atoms. The molecule has 1 heterocycles. The fraction of sp³-hybridized carbons (Fsp3) is 0.750. The van der Waals surface area contributed by atoms with E-state index in [9.17, 15) is 0 Å². The summed E-state index contributed by atoms with van der Waals surface area (Å²) in [4.78, 5) is 0. The molecule has 1 rings (SSSR count). The average Bonchev–Trinajstić information content (AvgIpc) is 2.50. The topological polar surface area (TPSA) is 29.9 Å². The van der Waals surface area contributed by atoms with Gasteiger partial charge in [-0.2, -0.15) is 5.10 Å². The summed E-state index contributed by atoms with van der Waals surface area (Å²) in [6.45, 7) is 8.43. The number of rotatable bonds is 6. The third kappa shape index (κ3) is 3.49. The van der Waals surface area contributed by atoms with Crippen LogP contribution in [0.4, 0.5) is 0 Å². The highest BCUT2D eigenvalue weighted by molar-refractivity contribution is 6.30. The van der Waals surface area contributed by atoms with Gasteiger partial charge in [-0.25, -0.2) is 0 Å². The number of halogens is 1. The molecule has 16 heavy (non-hydrogen) atoms. The highest BCUT2D eigenvalue weighted by Gasteiger charge is 2.12. The Kier molecular flexibility index (Phi) is 5.29. The highest BCUT2D eigenvalue weighted by Crippen LogP contribution is 2.19. The Hall–Kier alpha value is -0.540. The standard InChI is InChI=1S/C12H22ClN3/c1-5-11-10(12(13)16(4)15-11)8-14-7-6-9(2)3/h9,14H,5-8H2,1-4H3. The summed E-state index contributed by atoms with van der Waals surface area (Å²) < 4.78 is 1.75. The predicted octanol–water partition coefficient (Wildman–Crippen LogP) is 2.77. The molecule has 0 aromatic carbocycles. The molecule has 92 valence electrons. The van der Waals surface area contributed by atoms with Gasteiger partial charge in [-0.05, 0) is 25.3 Å². The number of hydrogen-bond donors (Lipinski definition) is 1. The molecule has 1 aromatic heterocycles. The molecule has 0 spiro atoms. The van der Waals surface area contributed by atoms with Gasteiger partial charge in [-0.3, -0.25) is 4.68 Å². The summed E-state index contributed by atoms with van der Waals surface area (Å²) >= 11 is 6.19. The quantitative estimate of drug-likeness (QED) is 0.779. The molecule has 0 saturated carbocycles. The number of hydrogen-bond acceptors (Lipinski definition) is 2. The van der Waals surface area contributed by atoms with E-state index in [1.165, 1.54) is 6.42 Å². The third-order valence-electron chi connectivity index (χ3n) is 2.69. The summed E-state index contributed by atoms with van der Waals surface area (Å²) in [6, 6.07) is 0. The minimum atomic E-state index is 0.738. The van der Waals surface area contributed by atoms with E-state index in [2.05, 4.69) is 31.2 Å². The normalized spacial score (nSPS) is 11.4. The fourth-order valence-electron chi connectivity index (χ4n) is 1.66. The molecule has 0 amide bonds. The van der Waals surface area contributed by atoms with Crippen molar-refractivity contribution in [3.05, 3.63) is 16.4 Å². The molecule has 1 N–H and O–H groups in total. The molecule has 1 aromatic rings. The molecular weight excluding hydrogens is 222 g/mol. The van der Waals surface area contributed by atoms with E-state index in [1.54, 1.807) is 4.68 Å². The van der Waals surface area contributed by atoms with Crippen molar-refractivity contribution in [3.8, 4) is 0 Å². The predicted molar refractivity (Wildman–Crippen MR) is 68.8 cm³/mol. The van der Waals surface area contributed by atoms with Crippen molar-refractivity contribution < 1.29 is 0 Å². The third-order valence-corrected chi connectivity index (χ3v) is 3.16. The van der Waals surface area contributed by atoms with Crippen LogP contribution in [0.1, 0.15) is 38.4 Å². The van der Waals surface area contributed by atoms with Gasteiger partial charge in [0.25, 0.3) is 0 Å². The summed E-state index contributed by atoms with van der Waals surface area (Å²) in [5.74, 6) is 0.738. The Morgan fingerprint density at radius 2 is 2.12 bits per heavy atom. The van der Waals surface area contributed by atoms with Gasteiger partial charge >= 0.3 is 0 Å². The first-order chi connectivity index (χ1) is 7.56. The zero-order valence-corrected chi connectivity index (χ0v) is 11.4. The maximum atomic E-state index is 6.19. The van der Waals surface area contributed by atoms with Gasteiger partial charge in [-0.1, -0.05) is 32.4 Å². The average molecular weight is 244 g/mol. The Bertz CT molecular complexity index is 331. The van der Waals surface area contributed by atoms with E-state index < -0.39 is 0 Å².